The first kappa shape index (κ1) is 12.3. The molecule has 1 aromatic carbocycles. The number of aryl methyl sites for hydroxylation is 1. The maximum absolute atomic E-state index is 13.6. The average Bonchev–Trinajstić information content (AvgIpc) is 2.20. The minimum atomic E-state index is -0.371. The van der Waals surface area contributed by atoms with Gasteiger partial charge in [-0.05, 0) is 37.8 Å². The van der Waals surface area contributed by atoms with E-state index < -0.39 is 0 Å². The van der Waals surface area contributed by atoms with E-state index in [-0.39, 0.29) is 23.4 Å². The number of rotatable bonds is 4. The summed E-state index contributed by atoms with van der Waals surface area (Å²) in [7, 11) is 0. The summed E-state index contributed by atoms with van der Waals surface area (Å²) >= 11 is 0. The van der Waals surface area contributed by atoms with Gasteiger partial charge in [-0.15, -0.1) is 0 Å². The summed E-state index contributed by atoms with van der Waals surface area (Å²) in [4.78, 5) is 0. The van der Waals surface area contributed by atoms with Gasteiger partial charge < -0.3 is 5.32 Å². The highest BCUT2D eigenvalue weighted by atomic mass is 19.1. The third kappa shape index (κ3) is 2.96. The Bertz CT molecular complexity index is 399. The molecule has 0 spiro atoms. The van der Waals surface area contributed by atoms with Crippen LogP contribution in [0, 0.1) is 24.5 Å². The summed E-state index contributed by atoms with van der Waals surface area (Å²) in [6, 6.07) is 2.69. The third-order valence-electron chi connectivity index (χ3n) is 3.56. The molecule has 0 heterocycles. The third-order valence-corrected chi connectivity index (χ3v) is 3.56. The monoisotopic (exact) mass is 239 g/mol. The van der Waals surface area contributed by atoms with Crippen molar-refractivity contribution < 1.29 is 8.78 Å². The van der Waals surface area contributed by atoms with Crippen LogP contribution in [0.15, 0.2) is 12.1 Å². The van der Waals surface area contributed by atoms with Crippen LogP contribution < -0.4 is 5.32 Å². The van der Waals surface area contributed by atoms with Gasteiger partial charge in [-0.3, -0.25) is 0 Å². The lowest BCUT2D eigenvalue weighted by Gasteiger charge is -2.29. The molecule has 1 aromatic rings. The van der Waals surface area contributed by atoms with E-state index in [9.17, 15) is 8.78 Å². The smallest absolute Gasteiger partial charge is 0.146 e. The van der Waals surface area contributed by atoms with Crippen LogP contribution in [-0.2, 0) is 0 Å². The Balaban J connectivity index is 1.99. The van der Waals surface area contributed by atoms with E-state index >= 15 is 0 Å². The normalized spacial score (nSPS) is 17.6. The SMILES string of the molecule is Cc1cc(F)c(NC(C)CC2CCC2)cc1F. The second kappa shape index (κ2) is 5.03. The van der Waals surface area contributed by atoms with E-state index in [2.05, 4.69) is 5.32 Å². The molecule has 1 saturated carbocycles. The molecule has 1 N–H and O–H groups in total. The fraction of sp³-hybridized carbons (Fsp3) is 0.571. The highest BCUT2D eigenvalue weighted by molar-refractivity contribution is 5.47. The molecule has 1 aliphatic carbocycles. The van der Waals surface area contributed by atoms with E-state index in [0.717, 1.165) is 12.3 Å². The molecule has 0 radical (unpaired) electrons. The van der Waals surface area contributed by atoms with Gasteiger partial charge in [-0.25, -0.2) is 8.78 Å². The molecule has 3 heteroatoms. The van der Waals surface area contributed by atoms with Crippen molar-refractivity contribution >= 4 is 5.69 Å². The second-order valence-corrected chi connectivity index (χ2v) is 5.16. The van der Waals surface area contributed by atoms with Crippen molar-refractivity contribution in [1.82, 2.24) is 0 Å². The highest BCUT2D eigenvalue weighted by Gasteiger charge is 2.20. The quantitative estimate of drug-likeness (QED) is 0.827. The van der Waals surface area contributed by atoms with Gasteiger partial charge >= 0.3 is 0 Å². The Morgan fingerprint density at radius 1 is 1.29 bits per heavy atom. The maximum Gasteiger partial charge on any atom is 0.146 e. The van der Waals surface area contributed by atoms with Crippen LogP contribution in [0.2, 0.25) is 0 Å². The van der Waals surface area contributed by atoms with E-state index in [4.69, 9.17) is 0 Å². The van der Waals surface area contributed by atoms with Crippen molar-refractivity contribution in [2.45, 2.75) is 45.6 Å². The molecule has 0 bridgehead atoms. The molecule has 1 atom stereocenters. The molecule has 2 rings (SSSR count). The predicted molar refractivity (Wildman–Crippen MR) is 66.1 cm³/mol. The van der Waals surface area contributed by atoms with Gasteiger partial charge in [-0.1, -0.05) is 19.3 Å². The summed E-state index contributed by atoms with van der Waals surface area (Å²) in [5, 5.41) is 3.06. The van der Waals surface area contributed by atoms with Gasteiger partial charge in [0, 0.05) is 12.1 Å². The van der Waals surface area contributed by atoms with Gasteiger partial charge in [0.25, 0.3) is 0 Å². The van der Waals surface area contributed by atoms with E-state index in [1.54, 1.807) is 6.92 Å². The molecule has 94 valence electrons. The van der Waals surface area contributed by atoms with Gasteiger partial charge in [0.05, 0.1) is 5.69 Å². The van der Waals surface area contributed by atoms with E-state index in [1.807, 2.05) is 6.92 Å². The zero-order valence-corrected chi connectivity index (χ0v) is 10.4. The van der Waals surface area contributed by atoms with Crippen molar-refractivity contribution in [1.29, 1.82) is 0 Å². The summed E-state index contributed by atoms with van der Waals surface area (Å²) in [5.41, 5.74) is 0.625. The minimum Gasteiger partial charge on any atom is -0.380 e. The summed E-state index contributed by atoms with van der Waals surface area (Å²) in [6.45, 7) is 3.59. The summed E-state index contributed by atoms with van der Waals surface area (Å²) < 4.78 is 26.9. The average molecular weight is 239 g/mol. The molecule has 0 saturated heterocycles. The van der Waals surface area contributed by atoms with E-state index in [0.29, 0.717) is 5.56 Å². The van der Waals surface area contributed by atoms with Crippen molar-refractivity contribution in [2.24, 2.45) is 5.92 Å². The Morgan fingerprint density at radius 2 is 2.00 bits per heavy atom. The number of halogens is 2. The van der Waals surface area contributed by atoms with Gasteiger partial charge in [0.2, 0.25) is 0 Å². The molecular weight excluding hydrogens is 220 g/mol. The molecule has 1 fully saturated rings. The molecule has 0 amide bonds. The fourth-order valence-corrected chi connectivity index (χ4v) is 2.31. The molecule has 1 unspecified atom stereocenters. The van der Waals surface area contributed by atoms with Gasteiger partial charge in [-0.2, -0.15) is 0 Å². The number of nitrogens with one attached hydrogen (secondary N) is 1. The van der Waals surface area contributed by atoms with Gasteiger partial charge in [0.15, 0.2) is 0 Å². The zero-order valence-electron chi connectivity index (χ0n) is 10.4. The first-order valence-corrected chi connectivity index (χ1v) is 6.28. The lowest BCUT2D eigenvalue weighted by molar-refractivity contribution is 0.285. The molecule has 17 heavy (non-hydrogen) atoms. The van der Waals surface area contributed by atoms with Crippen LogP contribution in [0.5, 0.6) is 0 Å². The summed E-state index contributed by atoms with van der Waals surface area (Å²) in [5.74, 6) is 0.0324. The Labute approximate surface area is 101 Å². The van der Waals surface area contributed by atoms with Crippen LogP contribution in [0.25, 0.3) is 0 Å². The van der Waals surface area contributed by atoms with Crippen molar-refractivity contribution in [2.75, 3.05) is 5.32 Å². The van der Waals surface area contributed by atoms with Crippen LogP contribution in [0.4, 0.5) is 14.5 Å². The topological polar surface area (TPSA) is 12.0 Å². The van der Waals surface area contributed by atoms with Crippen LogP contribution in [0.1, 0.15) is 38.2 Å². The number of anilines is 1. The Kier molecular flexibility index (Phi) is 3.65. The first-order valence-electron chi connectivity index (χ1n) is 6.28. The predicted octanol–water partition coefficient (Wildman–Crippen LogP) is 4.26. The standard InChI is InChI=1S/C14H19F2N/c1-9-6-13(16)14(8-12(9)15)17-10(2)7-11-4-3-5-11/h6,8,10-11,17H,3-5,7H2,1-2H3. The highest BCUT2D eigenvalue weighted by Crippen LogP contribution is 2.31. The van der Waals surface area contributed by atoms with Crippen molar-refractivity contribution in [3.05, 3.63) is 29.3 Å². The maximum atomic E-state index is 13.6. The Morgan fingerprint density at radius 3 is 2.59 bits per heavy atom. The number of hydrogen-bond acceptors (Lipinski definition) is 1. The van der Waals surface area contributed by atoms with Crippen molar-refractivity contribution in [3.8, 4) is 0 Å². The van der Waals surface area contributed by atoms with E-state index in [1.165, 1.54) is 31.4 Å². The number of benzene rings is 1. The Hall–Kier alpha value is -1.12. The van der Waals surface area contributed by atoms with Gasteiger partial charge in [0.1, 0.15) is 11.6 Å². The molecule has 0 aliphatic heterocycles. The largest absolute Gasteiger partial charge is 0.380 e. The van der Waals surface area contributed by atoms with Crippen LogP contribution >= 0.6 is 0 Å². The number of hydrogen-bond donors (Lipinski definition) is 1. The molecule has 1 aliphatic rings. The van der Waals surface area contributed by atoms with Crippen molar-refractivity contribution in [3.63, 3.8) is 0 Å². The summed E-state index contributed by atoms with van der Waals surface area (Å²) in [6.07, 6.45) is 4.90. The zero-order chi connectivity index (χ0) is 12.4. The first-order chi connectivity index (χ1) is 8.06. The molecular formula is C14H19F2N. The molecule has 1 nitrogen and oxygen atoms in total. The van der Waals surface area contributed by atoms with Crippen LogP contribution in [0.3, 0.4) is 0 Å². The second-order valence-electron chi connectivity index (χ2n) is 5.16. The van der Waals surface area contributed by atoms with Crippen LogP contribution in [-0.4, -0.2) is 6.04 Å². The fourth-order valence-electron chi connectivity index (χ4n) is 2.31. The minimum absolute atomic E-state index is 0.192. The lowest BCUT2D eigenvalue weighted by atomic mass is 9.81. The molecule has 0 aromatic heterocycles. The lowest BCUT2D eigenvalue weighted by Crippen LogP contribution is -2.23.